The first-order chi connectivity index (χ1) is 11.4. The van der Waals surface area contributed by atoms with Crippen LogP contribution in [0.1, 0.15) is 25.8 Å². The van der Waals surface area contributed by atoms with E-state index in [0.29, 0.717) is 17.2 Å². The zero-order chi connectivity index (χ0) is 17.1. The average molecular weight is 320 g/mol. The van der Waals surface area contributed by atoms with Gasteiger partial charge in [-0.3, -0.25) is 4.79 Å². The number of urea groups is 1. The van der Waals surface area contributed by atoms with Crippen LogP contribution in [0.4, 0.5) is 10.5 Å². The maximum atomic E-state index is 12.9. The predicted octanol–water partition coefficient (Wildman–Crippen LogP) is 3.96. The van der Waals surface area contributed by atoms with Crippen molar-refractivity contribution in [2.24, 2.45) is 5.92 Å². The molecule has 122 valence electrons. The lowest BCUT2D eigenvalue weighted by Gasteiger charge is -2.45. The third-order valence-corrected chi connectivity index (χ3v) is 5.38. The van der Waals surface area contributed by atoms with Crippen molar-refractivity contribution < 1.29 is 9.59 Å². The van der Waals surface area contributed by atoms with Gasteiger partial charge in [-0.2, -0.15) is 0 Å². The lowest BCUT2D eigenvalue weighted by Crippen LogP contribution is -2.55. The Kier molecular flexibility index (Phi) is 3.07. The van der Waals surface area contributed by atoms with Gasteiger partial charge in [0.1, 0.15) is 5.54 Å². The number of imide groups is 1. The summed E-state index contributed by atoms with van der Waals surface area (Å²) in [4.78, 5) is 27.2. The number of amides is 3. The van der Waals surface area contributed by atoms with Crippen molar-refractivity contribution in [2.45, 2.75) is 32.7 Å². The second kappa shape index (κ2) is 4.94. The lowest BCUT2D eigenvalue weighted by molar-refractivity contribution is -0.124. The number of rotatable bonds is 1. The molecule has 2 atom stereocenters. The zero-order valence-corrected chi connectivity index (χ0v) is 14.1. The van der Waals surface area contributed by atoms with Gasteiger partial charge in [-0.05, 0) is 56.4 Å². The predicted molar refractivity (Wildman–Crippen MR) is 93.5 cm³/mol. The minimum absolute atomic E-state index is 0.199. The fraction of sp³-hybridized carbons (Fsp3) is 0.300. The first-order valence-corrected chi connectivity index (χ1v) is 8.24. The van der Waals surface area contributed by atoms with Crippen LogP contribution in [-0.4, -0.2) is 22.4 Å². The van der Waals surface area contributed by atoms with Crippen LogP contribution in [-0.2, 0) is 4.79 Å². The standard InChI is InChI=1S/C20H20N2O2/c1-12-4-6-16(7-5-12)21-19(24)22-18(23)14(3)17-11-15-8-9-20(17,22)13(2)10-15/h4-10,15H,11H2,1-3H3,(H,21,24). The van der Waals surface area contributed by atoms with Crippen LogP contribution in [0, 0.1) is 12.8 Å². The molecule has 4 nitrogen and oxygen atoms in total. The number of nitrogens with zero attached hydrogens (tertiary/aromatic N) is 1. The van der Waals surface area contributed by atoms with Crippen molar-refractivity contribution in [1.82, 2.24) is 4.90 Å². The van der Waals surface area contributed by atoms with Crippen molar-refractivity contribution in [3.63, 3.8) is 0 Å². The summed E-state index contributed by atoms with van der Waals surface area (Å²) >= 11 is 0. The summed E-state index contributed by atoms with van der Waals surface area (Å²) < 4.78 is 0. The van der Waals surface area contributed by atoms with E-state index in [4.69, 9.17) is 0 Å². The lowest BCUT2D eigenvalue weighted by atomic mass is 9.68. The van der Waals surface area contributed by atoms with E-state index in [1.807, 2.05) is 51.1 Å². The van der Waals surface area contributed by atoms with Gasteiger partial charge in [-0.25, -0.2) is 9.69 Å². The molecule has 3 aliphatic carbocycles. The van der Waals surface area contributed by atoms with E-state index in [9.17, 15) is 9.59 Å². The molecule has 2 bridgehead atoms. The average Bonchev–Trinajstić information content (AvgIpc) is 2.79. The van der Waals surface area contributed by atoms with Crippen LogP contribution in [0.15, 0.2) is 59.2 Å². The van der Waals surface area contributed by atoms with E-state index in [2.05, 4.69) is 17.5 Å². The second-order valence-electron chi connectivity index (χ2n) is 6.88. The van der Waals surface area contributed by atoms with Gasteiger partial charge in [0.25, 0.3) is 5.91 Å². The Morgan fingerprint density at radius 3 is 2.58 bits per heavy atom. The first kappa shape index (κ1) is 14.9. The Morgan fingerprint density at radius 2 is 1.92 bits per heavy atom. The summed E-state index contributed by atoms with van der Waals surface area (Å²) in [5, 5.41) is 2.87. The Labute approximate surface area is 141 Å². The number of hydrogen-bond donors (Lipinski definition) is 1. The van der Waals surface area contributed by atoms with Crippen LogP contribution in [0.5, 0.6) is 0 Å². The fourth-order valence-electron chi connectivity index (χ4n) is 4.11. The summed E-state index contributed by atoms with van der Waals surface area (Å²) in [6, 6.07) is 7.19. The number of aryl methyl sites for hydroxylation is 1. The third kappa shape index (κ3) is 1.86. The molecule has 4 aliphatic rings. The van der Waals surface area contributed by atoms with Crippen molar-refractivity contribution >= 4 is 17.6 Å². The summed E-state index contributed by atoms with van der Waals surface area (Å²) in [6.45, 7) is 5.83. The molecule has 4 heteroatoms. The van der Waals surface area contributed by atoms with Crippen molar-refractivity contribution in [3.8, 4) is 0 Å². The minimum atomic E-state index is -0.704. The zero-order valence-electron chi connectivity index (χ0n) is 14.1. The molecular formula is C20H20N2O2. The maximum Gasteiger partial charge on any atom is 0.330 e. The topological polar surface area (TPSA) is 49.4 Å². The number of hydrogen-bond acceptors (Lipinski definition) is 2. The smallest absolute Gasteiger partial charge is 0.307 e. The third-order valence-electron chi connectivity index (χ3n) is 5.38. The Hall–Kier alpha value is -2.62. The van der Waals surface area contributed by atoms with Gasteiger partial charge in [0.15, 0.2) is 0 Å². The van der Waals surface area contributed by atoms with Crippen molar-refractivity contribution in [1.29, 1.82) is 0 Å². The van der Waals surface area contributed by atoms with Crippen molar-refractivity contribution in [3.05, 3.63) is 64.8 Å². The maximum absolute atomic E-state index is 12.9. The van der Waals surface area contributed by atoms with Crippen LogP contribution >= 0.6 is 0 Å². The van der Waals surface area contributed by atoms with E-state index in [1.54, 1.807) is 0 Å². The largest absolute Gasteiger partial charge is 0.330 e. The highest BCUT2D eigenvalue weighted by atomic mass is 16.2. The molecule has 1 spiro atoms. The molecule has 0 saturated carbocycles. The molecule has 24 heavy (non-hydrogen) atoms. The van der Waals surface area contributed by atoms with E-state index < -0.39 is 5.54 Å². The number of carbonyl (C=O) groups excluding carboxylic acids is 2. The molecule has 1 aromatic rings. The highest BCUT2D eigenvalue weighted by molar-refractivity contribution is 6.12. The Balaban J connectivity index is 1.72. The first-order valence-electron chi connectivity index (χ1n) is 8.24. The molecule has 1 N–H and O–H groups in total. The highest BCUT2D eigenvalue weighted by Crippen LogP contribution is 2.51. The van der Waals surface area contributed by atoms with Gasteiger partial charge in [0.05, 0.1) is 0 Å². The summed E-state index contributed by atoms with van der Waals surface area (Å²) in [6.07, 6.45) is 7.12. The SMILES string of the molecule is CC1=CC2C=CC13C(=C(C)C(=O)N3C(=O)Nc1ccc(C)cc1)C2. The second-order valence-corrected chi connectivity index (χ2v) is 6.88. The minimum Gasteiger partial charge on any atom is -0.307 e. The van der Waals surface area contributed by atoms with Gasteiger partial charge in [0, 0.05) is 11.3 Å². The van der Waals surface area contributed by atoms with Crippen LogP contribution < -0.4 is 5.32 Å². The van der Waals surface area contributed by atoms with E-state index in [0.717, 1.165) is 23.1 Å². The van der Waals surface area contributed by atoms with Gasteiger partial charge in [0.2, 0.25) is 0 Å². The summed E-state index contributed by atoms with van der Waals surface area (Å²) in [7, 11) is 0. The highest BCUT2D eigenvalue weighted by Gasteiger charge is 2.56. The van der Waals surface area contributed by atoms with E-state index >= 15 is 0 Å². The molecule has 2 unspecified atom stereocenters. The molecule has 0 saturated heterocycles. The Bertz CT molecular complexity index is 845. The molecule has 3 amide bonds. The van der Waals surface area contributed by atoms with Crippen LogP contribution in [0.25, 0.3) is 0 Å². The van der Waals surface area contributed by atoms with Crippen molar-refractivity contribution in [2.75, 3.05) is 5.32 Å². The number of allylic oxidation sites excluding steroid dienone is 2. The van der Waals surface area contributed by atoms with Gasteiger partial charge in [-0.1, -0.05) is 35.9 Å². The molecule has 1 heterocycles. The molecule has 1 aromatic carbocycles. The van der Waals surface area contributed by atoms with Gasteiger partial charge >= 0.3 is 6.03 Å². The normalized spacial score (nSPS) is 27.5. The fourth-order valence-corrected chi connectivity index (χ4v) is 4.11. The van der Waals surface area contributed by atoms with Crippen LogP contribution in [0.3, 0.4) is 0 Å². The summed E-state index contributed by atoms with van der Waals surface area (Å²) in [5.74, 6) is 0.138. The quantitative estimate of drug-likeness (QED) is 0.796. The van der Waals surface area contributed by atoms with Crippen LogP contribution in [0.2, 0.25) is 0 Å². The number of anilines is 1. The summed E-state index contributed by atoms with van der Waals surface area (Å²) in [5.41, 5.74) is 3.94. The monoisotopic (exact) mass is 320 g/mol. The number of nitrogens with one attached hydrogen (secondary N) is 1. The van der Waals surface area contributed by atoms with Gasteiger partial charge < -0.3 is 5.32 Å². The molecule has 5 rings (SSSR count). The molecule has 0 fully saturated rings. The number of carbonyl (C=O) groups is 2. The molecular weight excluding hydrogens is 300 g/mol. The Morgan fingerprint density at radius 1 is 1.21 bits per heavy atom. The molecule has 1 aliphatic heterocycles. The van der Waals surface area contributed by atoms with Gasteiger partial charge in [-0.15, -0.1) is 0 Å². The molecule has 0 radical (unpaired) electrons. The number of benzene rings is 1. The van der Waals surface area contributed by atoms with E-state index in [-0.39, 0.29) is 11.9 Å². The molecule has 0 aromatic heterocycles. The van der Waals surface area contributed by atoms with E-state index in [1.165, 1.54) is 4.90 Å².